The Morgan fingerprint density at radius 3 is 2.68 bits per heavy atom. The summed E-state index contributed by atoms with van der Waals surface area (Å²) in [7, 11) is 0. The largest absolute Gasteiger partial charge is 0.347 e. The van der Waals surface area contributed by atoms with Gasteiger partial charge in [-0.25, -0.2) is 0 Å². The fourth-order valence-electron chi connectivity index (χ4n) is 2.66. The highest BCUT2D eigenvalue weighted by Crippen LogP contribution is 2.28. The predicted octanol–water partition coefficient (Wildman–Crippen LogP) is 4.16. The number of rotatable bonds is 5. The van der Waals surface area contributed by atoms with Gasteiger partial charge >= 0.3 is 0 Å². The fraction of sp³-hybridized carbons (Fsp3) is 0.562. The highest BCUT2D eigenvalue weighted by molar-refractivity contribution is 6.42. The molecule has 1 amide bonds. The molecule has 2 N–H and O–H groups in total. The molecule has 1 saturated heterocycles. The van der Waals surface area contributed by atoms with Crippen LogP contribution in [0.15, 0.2) is 18.2 Å². The number of nitrogens with one attached hydrogen (secondary N) is 2. The van der Waals surface area contributed by atoms with Gasteiger partial charge in [0.2, 0.25) is 5.91 Å². The van der Waals surface area contributed by atoms with E-state index in [0.717, 1.165) is 25.1 Å². The summed E-state index contributed by atoms with van der Waals surface area (Å²) in [5.41, 5.74) is 0.493. The summed E-state index contributed by atoms with van der Waals surface area (Å²) >= 11 is 12.0. The summed E-state index contributed by atoms with van der Waals surface area (Å²) in [6.07, 6.45) is 2.68. The molecule has 0 radical (unpaired) electrons. The average Bonchev–Trinajstić information content (AvgIpc) is 2.92. The number of halogens is 3. The molecular weight excluding hydrogens is 343 g/mol. The molecule has 3 nitrogen and oxygen atoms in total. The predicted molar refractivity (Wildman–Crippen MR) is 95.1 cm³/mol. The van der Waals surface area contributed by atoms with Crippen LogP contribution in [0.5, 0.6) is 0 Å². The third-order valence-electron chi connectivity index (χ3n) is 4.04. The van der Waals surface area contributed by atoms with Crippen molar-refractivity contribution in [1.29, 1.82) is 0 Å². The van der Waals surface area contributed by atoms with Gasteiger partial charge in [0, 0.05) is 6.42 Å². The maximum atomic E-state index is 12.2. The monoisotopic (exact) mass is 364 g/mol. The van der Waals surface area contributed by atoms with Gasteiger partial charge in [-0.05, 0) is 63.4 Å². The molecule has 1 aliphatic rings. The van der Waals surface area contributed by atoms with Gasteiger partial charge < -0.3 is 10.6 Å². The van der Waals surface area contributed by atoms with E-state index in [4.69, 9.17) is 23.2 Å². The highest BCUT2D eigenvalue weighted by atomic mass is 35.5. The second-order valence-corrected chi connectivity index (χ2v) is 7.01. The molecule has 124 valence electrons. The quantitative estimate of drug-likeness (QED) is 0.822. The van der Waals surface area contributed by atoms with Crippen molar-refractivity contribution in [3.05, 3.63) is 33.8 Å². The van der Waals surface area contributed by atoms with Crippen LogP contribution in [0.1, 0.15) is 38.7 Å². The molecule has 2 rings (SSSR count). The van der Waals surface area contributed by atoms with Crippen molar-refractivity contribution in [2.75, 3.05) is 13.1 Å². The lowest BCUT2D eigenvalue weighted by molar-refractivity contribution is -0.123. The van der Waals surface area contributed by atoms with Gasteiger partial charge in [-0.2, -0.15) is 0 Å². The Balaban J connectivity index is 0.00000242. The Labute approximate surface area is 148 Å². The Hall–Kier alpha value is -0.480. The molecule has 1 aromatic rings. The Morgan fingerprint density at radius 1 is 1.36 bits per heavy atom. The van der Waals surface area contributed by atoms with Gasteiger partial charge in [0.1, 0.15) is 0 Å². The van der Waals surface area contributed by atoms with E-state index in [0.29, 0.717) is 22.4 Å². The van der Waals surface area contributed by atoms with Crippen molar-refractivity contribution in [3.63, 3.8) is 0 Å². The van der Waals surface area contributed by atoms with E-state index in [1.165, 1.54) is 6.42 Å². The summed E-state index contributed by atoms with van der Waals surface area (Å²) in [6.45, 7) is 6.05. The van der Waals surface area contributed by atoms with Crippen LogP contribution in [0.3, 0.4) is 0 Å². The first-order valence-electron chi connectivity index (χ1n) is 7.36. The van der Waals surface area contributed by atoms with Gasteiger partial charge in [0.15, 0.2) is 0 Å². The first kappa shape index (κ1) is 19.6. The first-order valence-corrected chi connectivity index (χ1v) is 8.11. The number of carbonyl (C=O) groups excluding carboxylic acids is 1. The standard InChI is InChI=1S/C16H22Cl2N2O.ClH/c1-16(2,12-4-5-13(17)14(18)9-12)20-15(21)6-3-11-7-8-19-10-11;/h4-5,9,11,19H,3,6-8,10H2,1-2H3,(H,20,21);1H. The van der Waals surface area contributed by atoms with Crippen LogP contribution in [-0.4, -0.2) is 19.0 Å². The Kier molecular flexibility index (Phi) is 7.47. The van der Waals surface area contributed by atoms with Gasteiger partial charge in [-0.3, -0.25) is 4.79 Å². The molecule has 1 atom stereocenters. The normalized spacial score (nSPS) is 17.9. The minimum atomic E-state index is -0.459. The zero-order valence-electron chi connectivity index (χ0n) is 12.9. The van der Waals surface area contributed by atoms with Gasteiger partial charge in [0.25, 0.3) is 0 Å². The minimum Gasteiger partial charge on any atom is -0.347 e. The maximum absolute atomic E-state index is 12.2. The number of amides is 1. The van der Waals surface area contributed by atoms with Crippen LogP contribution in [0, 0.1) is 5.92 Å². The summed E-state index contributed by atoms with van der Waals surface area (Å²) in [6, 6.07) is 5.47. The second-order valence-electron chi connectivity index (χ2n) is 6.20. The molecule has 1 fully saturated rings. The van der Waals surface area contributed by atoms with Crippen molar-refractivity contribution in [3.8, 4) is 0 Å². The molecule has 0 aromatic heterocycles. The third-order valence-corrected chi connectivity index (χ3v) is 4.77. The van der Waals surface area contributed by atoms with Crippen LogP contribution in [0.2, 0.25) is 10.0 Å². The minimum absolute atomic E-state index is 0. The molecule has 6 heteroatoms. The molecule has 0 saturated carbocycles. The van der Waals surface area contributed by atoms with Crippen molar-refractivity contribution in [1.82, 2.24) is 10.6 Å². The summed E-state index contributed by atoms with van der Waals surface area (Å²) < 4.78 is 0. The fourth-order valence-corrected chi connectivity index (χ4v) is 2.96. The van der Waals surface area contributed by atoms with Crippen LogP contribution >= 0.6 is 35.6 Å². The summed E-state index contributed by atoms with van der Waals surface area (Å²) in [5, 5.41) is 7.44. The smallest absolute Gasteiger partial charge is 0.220 e. The molecule has 1 aromatic carbocycles. The van der Waals surface area contributed by atoms with Gasteiger partial charge in [-0.1, -0.05) is 29.3 Å². The molecule has 0 spiro atoms. The third kappa shape index (κ3) is 5.31. The van der Waals surface area contributed by atoms with Crippen molar-refractivity contribution in [2.24, 2.45) is 5.92 Å². The van der Waals surface area contributed by atoms with Crippen LogP contribution in [-0.2, 0) is 10.3 Å². The summed E-state index contributed by atoms with van der Waals surface area (Å²) in [5.74, 6) is 0.710. The maximum Gasteiger partial charge on any atom is 0.220 e. The lowest BCUT2D eigenvalue weighted by atomic mass is 9.93. The zero-order chi connectivity index (χ0) is 15.5. The zero-order valence-corrected chi connectivity index (χ0v) is 15.2. The molecule has 0 aliphatic carbocycles. The first-order chi connectivity index (χ1) is 9.88. The van der Waals surface area contributed by atoms with E-state index < -0.39 is 5.54 Å². The lowest BCUT2D eigenvalue weighted by Crippen LogP contribution is -2.41. The van der Waals surface area contributed by atoms with Gasteiger partial charge in [0.05, 0.1) is 15.6 Å². The van der Waals surface area contributed by atoms with E-state index in [9.17, 15) is 4.79 Å². The van der Waals surface area contributed by atoms with E-state index >= 15 is 0 Å². The van der Waals surface area contributed by atoms with Gasteiger partial charge in [-0.15, -0.1) is 12.4 Å². The van der Waals surface area contributed by atoms with Crippen molar-refractivity contribution >= 4 is 41.5 Å². The molecule has 0 bridgehead atoms. The molecule has 1 heterocycles. The number of benzene rings is 1. The Bertz CT molecular complexity index is 514. The van der Waals surface area contributed by atoms with E-state index in [2.05, 4.69) is 10.6 Å². The molecule has 1 unspecified atom stereocenters. The highest BCUT2D eigenvalue weighted by Gasteiger charge is 2.24. The second kappa shape index (κ2) is 8.39. The topological polar surface area (TPSA) is 41.1 Å². The van der Waals surface area contributed by atoms with Crippen molar-refractivity contribution < 1.29 is 4.79 Å². The number of hydrogen-bond acceptors (Lipinski definition) is 2. The van der Waals surface area contributed by atoms with Crippen LogP contribution in [0.25, 0.3) is 0 Å². The average molecular weight is 366 g/mol. The van der Waals surface area contributed by atoms with Crippen LogP contribution in [0.4, 0.5) is 0 Å². The lowest BCUT2D eigenvalue weighted by Gasteiger charge is -2.27. The van der Waals surface area contributed by atoms with E-state index in [1.807, 2.05) is 26.0 Å². The SMILES string of the molecule is CC(C)(NC(=O)CCC1CCNC1)c1ccc(Cl)c(Cl)c1.Cl. The Morgan fingerprint density at radius 2 is 2.09 bits per heavy atom. The number of hydrogen-bond donors (Lipinski definition) is 2. The number of carbonyl (C=O) groups is 1. The van der Waals surface area contributed by atoms with E-state index in [1.54, 1.807) is 6.07 Å². The van der Waals surface area contributed by atoms with Crippen molar-refractivity contribution in [2.45, 2.75) is 38.6 Å². The molecule has 1 aliphatic heterocycles. The molecular formula is C16H23Cl3N2O. The summed E-state index contributed by atoms with van der Waals surface area (Å²) in [4.78, 5) is 12.2. The van der Waals surface area contributed by atoms with E-state index in [-0.39, 0.29) is 18.3 Å². The van der Waals surface area contributed by atoms with Crippen LogP contribution < -0.4 is 10.6 Å². The molecule has 22 heavy (non-hydrogen) atoms.